The lowest BCUT2D eigenvalue weighted by Crippen LogP contribution is -2.36. The molecule has 2 heterocycles. The minimum Gasteiger partial charge on any atom is -0.465 e. The number of fused-ring (bicyclic) bond motifs is 4. The fourth-order valence-electron chi connectivity index (χ4n) is 4.63. The minimum atomic E-state index is -3.74. The fourth-order valence-corrected chi connectivity index (χ4v) is 6.23. The Morgan fingerprint density at radius 3 is 2.71 bits per heavy atom. The monoisotopic (exact) mass is 488 g/mol. The highest BCUT2D eigenvalue weighted by Crippen LogP contribution is 2.35. The third-order valence-electron chi connectivity index (χ3n) is 6.33. The lowest BCUT2D eigenvalue weighted by atomic mass is 9.97. The van der Waals surface area contributed by atoms with Gasteiger partial charge in [0.15, 0.2) is 0 Å². The zero-order valence-electron chi connectivity index (χ0n) is 18.3. The van der Waals surface area contributed by atoms with Gasteiger partial charge in [-0.1, -0.05) is 6.07 Å². The molecule has 0 saturated heterocycles. The summed E-state index contributed by atoms with van der Waals surface area (Å²) in [6.45, 7) is -2.39. The highest BCUT2D eigenvalue weighted by molar-refractivity contribution is 7.93. The van der Waals surface area contributed by atoms with Gasteiger partial charge in [0.1, 0.15) is 5.75 Å². The molecule has 0 bridgehead atoms. The molecule has 0 atom stereocenters. The maximum atomic E-state index is 13.5. The van der Waals surface area contributed by atoms with Gasteiger partial charge in [-0.05, 0) is 65.9 Å². The molecule has 1 aliphatic heterocycles. The fraction of sp³-hybridized carbons (Fsp3) is 0.292. The van der Waals surface area contributed by atoms with Crippen LogP contribution in [-0.2, 0) is 34.1 Å². The first kappa shape index (κ1) is 22.5. The number of nitrogens with zero attached hydrogens (tertiary/aromatic N) is 1. The lowest BCUT2D eigenvalue weighted by Gasteiger charge is -2.29. The molecule has 178 valence electrons. The van der Waals surface area contributed by atoms with Crippen LogP contribution in [0.5, 0.6) is 5.75 Å². The SMILES string of the molecule is COC(=O)c1ccc2[nH]c3c(c2c1)CN(S(=O)(=O)C1=Cc2ccc(OC(F)F)cc2CC1)CC3. The van der Waals surface area contributed by atoms with E-state index in [2.05, 4.69) is 9.72 Å². The molecule has 0 fully saturated rings. The van der Waals surface area contributed by atoms with E-state index in [0.717, 1.165) is 27.7 Å². The van der Waals surface area contributed by atoms with Gasteiger partial charge >= 0.3 is 12.6 Å². The number of hydrogen-bond donors (Lipinski definition) is 1. The second-order valence-electron chi connectivity index (χ2n) is 8.27. The van der Waals surface area contributed by atoms with Gasteiger partial charge in [0, 0.05) is 36.1 Å². The number of halogens is 2. The molecule has 5 rings (SSSR count). The van der Waals surface area contributed by atoms with Crippen molar-refractivity contribution in [3.8, 4) is 5.75 Å². The van der Waals surface area contributed by atoms with Gasteiger partial charge in [-0.25, -0.2) is 13.2 Å². The van der Waals surface area contributed by atoms with Crippen LogP contribution in [-0.4, -0.2) is 43.9 Å². The zero-order valence-corrected chi connectivity index (χ0v) is 19.1. The highest BCUT2D eigenvalue weighted by atomic mass is 32.2. The molecule has 0 saturated carbocycles. The van der Waals surface area contributed by atoms with Crippen LogP contribution < -0.4 is 4.74 Å². The van der Waals surface area contributed by atoms with E-state index in [0.29, 0.717) is 35.4 Å². The Morgan fingerprint density at radius 1 is 1.12 bits per heavy atom. The molecule has 34 heavy (non-hydrogen) atoms. The predicted octanol–water partition coefficient (Wildman–Crippen LogP) is 4.23. The first-order valence-corrected chi connectivity index (χ1v) is 12.2. The Balaban J connectivity index is 1.44. The number of carbonyl (C=O) groups excluding carboxylic acids is 1. The first-order chi connectivity index (χ1) is 16.3. The zero-order chi connectivity index (χ0) is 24.0. The average Bonchev–Trinajstić information content (AvgIpc) is 3.20. The number of alkyl halides is 2. The average molecular weight is 489 g/mol. The van der Waals surface area contributed by atoms with Crippen molar-refractivity contribution in [2.45, 2.75) is 32.4 Å². The number of allylic oxidation sites excluding steroid dienone is 1. The number of rotatable bonds is 5. The van der Waals surface area contributed by atoms with E-state index >= 15 is 0 Å². The molecule has 1 N–H and O–H groups in total. The summed E-state index contributed by atoms with van der Waals surface area (Å²) in [5.41, 5.74) is 4.49. The Hall–Kier alpha value is -3.24. The van der Waals surface area contributed by atoms with E-state index in [1.807, 2.05) is 0 Å². The molecule has 2 aliphatic rings. The molecular weight excluding hydrogens is 466 g/mol. The number of ether oxygens (including phenoxy) is 2. The number of H-pyrrole nitrogens is 1. The van der Waals surface area contributed by atoms with Crippen molar-refractivity contribution in [2.24, 2.45) is 0 Å². The summed E-state index contributed by atoms with van der Waals surface area (Å²) in [7, 11) is -2.42. The molecule has 7 nitrogen and oxygen atoms in total. The van der Waals surface area contributed by atoms with Crippen LogP contribution in [0.1, 0.15) is 39.2 Å². The normalized spacial score (nSPS) is 16.2. The summed E-state index contributed by atoms with van der Waals surface area (Å²) >= 11 is 0. The van der Waals surface area contributed by atoms with Crippen molar-refractivity contribution in [3.05, 3.63) is 69.3 Å². The van der Waals surface area contributed by atoms with E-state index in [1.165, 1.54) is 23.5 Å². The van der Waals surface area contributed by atoms with E-state index in [9.17, 15) is 22.0 Å². The van der Waals surface area contributed by atoms with Crippen molar-refractivity contribution in [1.82, 2.24) is 9.29 Å². The second kappa shape index (κ2) is 8.52. The molecule has 0 radical (unpaired) electrons. The van der Waals surface area contributed by atoms with Crippen molar-refractivity contribution in [2.75, 3.05) is 13.7 Å². The van der Waals surface area contributed by atoms with Crippen LogP contribution >= 0.6 is 0 Å². The van der Waals surface area contributed by atoms with Crippen LogP contribution in [0.15, 0.2) is 41.3 Å². The van der Waals surface area contributed by atoms with Crippen LogP contribution in [0.4, 0.5) is 8.78 Å². The molecule has 0 spiro atoms. The molecule has 2 aromatic carbocycles. The van der Waals surface area contributed by atoms with Gasteiger partial charge in [0.25, 0.3) is 0 Å². The quantitative estimate of drug-likeness (QED) is 0.543. The Bertz CT molecular complexity index is 1430. The third-order valence-corrected chi connectivity index (χ3v) is 8.31. The van der Waals surface area contributed by atoms with Gasteiger partial charge in [-0.3, -0.25) is 0 Å². The molecule has 1 aromatic heterocycles. The number of carbonyl (C=O) groups is 1. The van der Waals surface area contributed by atoms with Crippen molar-refractivity contribution >= 4 is 33.0 Å². The number of hydrogen-bond acceptors (Lipinski definition) is 5. The molecule has 0 amide bonds. The number of benzene rings is 2. The smallest absolute Gasteiger partial charge is 0.387 e. The molecule has 1 aliphatic carbocycles. The number of aryl methyl sites for hydroxylation is 1. The molecule has 10 heteroatoms. The first-order valence-electron chi connectivity index (χ1n) is 10.8. The van der Waals surface area contributed by atoms with Crippen LogP contribution in [0.2, 0.25) is 0 Å². The maximum Gasteiger partial charge on any atom is 0.387 e. The number of aromatic amines is 1. The predicted molar refractivity (Wildman–Crippen MR) is 122 cm³/mol. The Labute approximate surface area is 195 Å². The van der Waals surface area contributed by atoms with Gasteiger partial charge in [-0.2, -0.15) is 13.1 Å². The summed E-state index contributed by atoms with van der Waals surface area (Å²) < 4.78 is 62.7. The van der Waals surface area contributed by atoms with Crippen LogP contribution in [0.25, 0.3) is 17.0 Å². The summed E-state index contributed by atoms with van der Waals surface area (Å²) in [5, 5.41) is 0.798. The van der Waals surface area contributed by atoms with Gasteiger partial charge in [0.2, 0.25) is 10.0 Å². The molecule has 0 unspecified atom stereocenters. The van der Waals surface area contributed by atoms with Gasteiger partial charge in [-0.15, -0.1) is 0 Å². The largest absolute Gasteiger partial charge is 0.465 e. The van der Waals surface area contributed by atoms with Crippen LogP contribution in [0.3, 0.4) is 0 Å². The van der Waals surface area contributed by atoms with E-state index in [4.69, 9.17) is 4.74 Å². The topological polar surface area (TPSA) is 88.7 Å². The van der Waals surface area contributed by atoms with E-state index in [1.54, 1.807) is 30.3 Å². The summed E-state index contributed by atoms with van der Waals surface area (Å²) in [4.78, 5) is 15.6. The second-order valence-corrected chi connectivity index (χ2v) is 10.3. The van der Waals surface area contributed by atoms with E-state index in [-0.39, 0.29) is 18.7 Å². The summed E-state index contributed by atoms with van der Waals surface area (Å²) in [6.07, 6.45) is 2.82. The van der Waals surface area contributed by atoms with Crippen LogP contribution in [0, 0.1) is 0 Å². The standard InChI is InChI=1S/C24H22F2N2O5S/c1-32-23(29)16-4-7-21-19(12-16)20-13-28(9-8-22(20)27-21)34(30,31)18-6-3-14-10-17(33-24(25)26)5-2-15(14)11-18/h2,4-5,7,10-12,24,27H,3,6,8-9,13H2,1H3. The van der Waals surface area contributed by atoms with Gasteiger partial charge < -0.3 is 14.5 Å². The van der Waals surface area contributed by atoms with Crippen molar-refractivity contribution in [1.29, 1.82) is 0 Å². The number of nitrogens with one attached hydrogen (secondary N) is 1. The molecule has 3 aromatic rings. The number of esters is 1. The van der Waals surface area contributed by atoms with Crippen molar-refractivity contribution in [3.63, 3.8) is 0 Å². The molecular formula is C24H22F2N2O5S. The highest BCUT2D eigenvalue weighted by Gasteiger charge is 2.33. The van der Waals surface area contributed by atoms with Gasteiger partial charge in [0.05, 0.1) is 17.6 Å². The summed E-state index contributed by atoms with van der Waals surface area (Å²) in [5.74, 6) is -0.395. The Kier molecular flexibility index (Phi) is 5.65. The van der Waals surface area contributed by atoms with E-state index < -0.39 is 22.6 Å². The summed E-state index contributed by atoms with van der Waals surface area (Å²) in [6, 6.07) is 9.73. The number of aromatic nitrogens is 1. The third kappa shape index (κ3) is 3.97. The maximum absolute atomic E-state index is 13.5. The number of sulfonamides is 1. The lowest BCUT2D eigenvalue weighted by molar-refractivity contribution is -0.0498. The number of methoxy groups -OCH3 is 1. The van der Waals surface area contributed by atoms with Crippen molar-refractivity contribution < 1.29 is 31.5 Å². The minimum absolute atomic E-state index is 0.0580. The Morgan fingerprint density at radius 2 is 1.94 bits per heavy atom.